The molecule has 0 N–H and O–H groups in total. The molecular formula is C28H28Br2N6O2S2. The topological polar surface area (TPSA) is 83.3 Å². The number of aliphatic imine (C=N–C) groups is 2. The second-order valence-corrected chi connectivity index (χ2v) is 15.9. The summed E-state index contributed by atoms with van der Waals surface area (Å²) < 4.78 is 8.03. The number of halogens is 2. The quantitative estimate of drug-likeness (QED) is 0.297. The standard InChI is InChI=1S/C28H28Br2N6O2S2/c1-27(2,3)38-24(37)28(23-32-9-5-7-11-36(23)26-34-16-21(30)40-26)18-12-17(13-19(28)14-18)22-31-8-4-6-10-35(22)25-33-15-20(29)39-25/h4-11,15-19H,12-14H2,1-3H3. The van der Waals surface area contributed by atoms with Crippen LogP contribution in [0.5, 0.6) is 0 Å². The highest BCUT2D eigenvalue weighted by Crippen LogP contribution is 2.64. The molecule has 0 radical (unpaired) electrons. The fourth-order valence-corrected chi connectivity index (χ4v) is 8.46. The number of rotatable bonds is 5. The number of anilines is 2. The summed E-state index contributed by atoms with van der Waals surface area (Å²) in [5.41, 5.74) is -1.53. The van der Waals surface area contributed by atoms with E-state index < -0.39 is 11.0 Å². The summed E-state index contributed by atoms with van der Waals surface area (Å²) in [5.74, 6) is 1.61. The fourth-order valence-electron chi connectivity index (χ4n) is 6.11. The third-order valence-electron chi connectivity index (χ3n) is 7.55. The van der Waals surface area contributed by atoms with E-state index in [1.807, 2.05) is 74.8 Å². The number of nitrogens with zero attached hydrogens (tertiary/aromatic N) is 6. The van der Waals surface area contributed by atoms with Gasteiger partial charge in [-0.3, -0.25) is 14.6 Å². The molecule has 40 heavy (non-hydrogen) atoms. The van der Waals surface area contributed by atoms with Gasteiger partial charge in [0.15, 0.2) is 10.3 Å². The molecule has 2 aromatic rings. The Hall–Kier alpha value is -2.41. The molecule has 0 saturated heterocycles. The monoisotopic (exact) mass is 702 g/mol. The Balaban J connectivity index is 1.39. The first-order valence-electron chi connectivity index (χ1n) is 13.0. The van der Waals surface area contributed by atoms with Gasteiger partial charge in [0.05, 0.1) is 20.0 Å². The van der Waals surface area contributed by atoms with Crippen LogP contribution in [0, 0.1) is 23.2 Å². The minimum Gasteiger partial charge on any atom is -0.459 e. The smallest absolute Gasteiger partial charge is 0.320 e. The maximum atomic E-state index is 14.3. The van der Waals surface area contributed by atoms with Gasteiger partial charge in [-0.25, -0.2) is 20.0 Å². The molecule has 3 saturated carbocycles. The van der Waals surface area contributed by atoms with Crippen LogP contribution in [0.1, 0.15) is 40.0 Å². The number of amidine groups is 2. The van der Waals surface area contributed by atoms with Crippen molar-refractivity contribution in [2.45, 2.75) is 45.6 Å². The van der Waals surface area contributed by atoms with Crippen LogP contribution in [0.15, 0.2) is 79.1 Å². The summed E-state index contributed by atoms with van der Waals surface area (Å²) >= 11 is 10.2. The molecule has 5 aliphatic rings. The Kier molecular flexibility index (Phi) is 7.47. The van der Waals surface area contributed by atoms with Gasteiger partial charge in [0.2, 0.25) is 0 Å². The van der Waals surface area contributed by atoms with Crippen LogP contribution in [0.2, 0.25) is 0 Å². The molecule has 2 bridgehead atoms. The maximum absolute atomic E-state index is 14.3. The first-order chi connectivity index (χ1) is 19.2. The lowest BCUT2D eigenvalue weighted by Crippen LogP contribution is -2.67. The lowest BCUT2D eigenvalue weighted by molar-refractivity contribution is -0.185. The highest BCUT2D eigenvalue weighted by Gasteiger charge is 2.69. The van der Waals surface area contributed by atoms with Gasteiger partial charge >= 0.3 is 5.97 Å². The van der Waals surface area contributed by atoms with Crippen molar-refractivity contribution in [2.75, 3.05) is 9.80 Å². The summed E-state index contributed by atoms with van der Waals surface area (Å²) in [5, 5.41) is 1.60. The van der Waals surface area contributed by atoms with E-state index in [1.54, 1.807) is 23.7 Å². The van der Waals surface area contributed by atoms with Crippen molar-refractivity contribution < 1.29 is 9.53 Å². The number of hydrogen-bond donors (Lipinski definition) is 0. The predicted molar refractivity (Wildman–Crippen MR) is 169 cm³/mol. The van der Waals surface area contributed by atoms with Crippen molar-refractivity contribution in [3.8, 4) is 0 Å². The van der Waals surface area contributed by atoms with E-state index >= 15 is 0 Å². The molecule has 2 atom stereocenters. The Morgan fingerprint density at radius 2 is 1.48 bits per heavy atom. The van der Waals surface area contributed by atoms with E-state index in [2.05, 4.69) is 46.7 Å². The van der Waals surface area contributed by atoms with Crippen molar-refractivity contribution >= 4 is 82.4 Å². The van der Waals surface area contributed by atoms with Crippen molar-refractivity contribution in [2.24, 2.45) is 33.2 Å². The molecule has 3 fully saturated rings. The third-order valence-corrected chi connectivity index (χ3v) is 10.5. The summed E-state index contributed by atoms with van der Waals surface area (Å²) in [6.45, 7) is 5.76. The zero-order valence-electron chi connectivity index (χ0n) is 22.2. The SMILES string of the molecule is CC(C)(C)OC(=O)C1(C2=NC=CC=CN2c2ncc(Br)s2)C2CC(C3=NC=CC=CN3c3ncc(Br)s3)CC1C2. The zero-order chi connectivity index (χ0) is 28.1. The number of ether oxygens (including phenoxy) is 1. The molecule has 2 aromatic heterocycles. The number of hydrogen-bond acceptors (Lipinski definition) is 10. The highest BCUT2D eigenvalue weighted by molar-refractivity contribution is 9.11. The maximum Gasteiger partial charge on any atom is 0.320 e. The number of carbonyl (C=O) groups is 1. The predicted octanol–water partition coefficient (Wildman–Crippen LogP) is 7.69. The van der Waals surface area contributed by atoms with E-state index in [1.165, 1.54) is 11.3 Å². The molecule has 12 heteroatoms. The van der Waals surface area contributed by atoms with E-state index in [-0.39, 0.29) is 23.7 Å². The number of aromatic nitrogens is 2. The summed E-state index contributed by atoms with van der Waals surface area (Å²) in [6.07, 6.45) is 21.3. The molecule has 2 unspecified atom stereocenters. The number of carbonyl (C=O) groups excluding carboxylic acids is 1. The molecule has 0 aromatic carbocycles. The summed E-state index contributed by atoms with van der Waals surface area (Å²) in [6, 6.07) is 0. The molecule has 3 aliphatic carbocycles. The highest BCUT2D eigenvalue weighted by atomic mass is 79.9. The molecule has 208 valence electrons. The van der Waals surface area contributed by atoms with E-state index in [0.717, 1.165) is 42.9 Å². The van der Waals surface area contributed by atoms with Gasteiger partial charge in [-0.2, -0.15) is 0 Å². The lowest BCUT2D eigenvalue weighted by atomic mass is 9.44. The second-order valence-electron chi connectivity index (χ2n) is 11.1. The average molecular weight is 705 g/mol. The van der Waals surface area contributed by atoms with Gasteiger partial charge in [0.1, 0.15) is 22.7 Å². The Labute approximate surface area is 258 Å². The molecule has 0 spiro atoms. The molecule has 0 amide bonds. The van der Waals surface area contributed by atoms with E-state index in [9.17, 15) is 4.79 Å². The Morgan fingerprint density at radius 3 is 2.05 bits per heavy atom. The molecule has 7 rings (SSSR count). The van der Waals surface area contributed by atoms with Crippen LogP contribution in [-0.2, 0) is 9.53 Å². The summed E-state index contributed by atoms with van der Waals surface area (Å²) in [4.78, 5) is 37.3. The van der Waals surface area contributed by atoms with Gasteiger partial charge in [0.25, 0.3) is 0 Å². The van der Waals surface area contributed by atoms with Crippen LogP contribution < -0.4 is 9.80 Å². The van der Waals surface area contributed by atoms with Gasteiger partial charge < -0.3 is 4.74 Å². The number of esters is 1. The van der Waals surface area contributed by atoms with E-state index in [4.69, 9.17) is 14.7 Å². The van der Waals surface area contributed by atoms with Crippen molar-refractivity contribution in [1.82, 2.24) is 9.97 Å². The third kappa shape index (κ3) is 4.97. The van der Waals surface area contributed by atoms with Gasteiger partial charge in [-0.1, -0.05) is 22.7 Å². The van der Waals surface area contributed by atoms with Crippen molar-refractivity contribution in [1.29, 1.82) is 0 Å². The molecule has 8 nitrogen and oxygen atoms in total. The lowest BCUT2D eigenvalue weighted by Gasteiger charge is -2.60. The number of fused-ring (bicyclic) bond motifs is 2. The van der Waals surface area contributed by atoms with Gasteiger partial charge in [0, 0.05) is 30.7 Å². The molecule has 4 heterocycles. The fraction of sp³-hybridized carbons (Fsp3) is 0.393. The minimum atomic E-state index is -0.896. The van der Waals surface area contributed by atoms with Crippen molar-refractivity contribution in [3.05, 3.63) is 69.1 Å². The number of thiazole rings is 2. The van der Waals surface area contributed by atoms with Crippen LogP contribution in [0.25, 0.3) is 0 Å². The second kappa shape index (κ2) is 10.8. The Morgan fingerprint density at radius 1 is 0.900 bits per heavy atom. The van der Waals surface area contributed by atoms with Crippen molar-refractivity contribution in [3.63, 3.8) is 0 Å². The Bertz CT molecular complexity index is 1490. The molecule has 2 aliphatic heterocycles. The molecular weight excluding hydrogens is 676 g/mol. The normalized spacial score (nSPS) is 27.6. The largest absolute Gasteiger partial charge is 0.459 e. The first-order valence-corrected chi connectivity index (χ1v) is 16.3. The van der Waals surface area contributed by atoms with Gasteiger partial charge in [-0.15, -0.1) is 0 Å². The van der Waals surface area contributed by atoms with Crippen LogP contribution >= 0.6 is 54.5 Å². The van der Waals surface area contributed by atoms with Crippen LogP contribution in [0.3, 0.4) is 0 Å². The van der Waals surface area contributed by atoms with Gasteiger partial charge in [-0.05, 0) is 108 Å². The average Bonchev–Trinajstić information content (AvgIpc) is 3.34. The van der Waals surface area contributed by atoms with Crippen LogP contribution in [0.4, 0.5) is 10.3 Å². The summed E-state index contributed by atoms with van der Waals surface area (Å²) in [7, 11) is 0. The number of allylic oxidation sites excluding steroid dienone is 4. The zero-order valence-corrected chi connectivity index (χ0v) is 27.0. The first kappa shape index (κ1) is 27.7. The van der Waals surface area contributed by atoms with Crippen LogP contribution in [-0.4, -0.2) is 33.2 Å². The minimum absolute atomic E-state index is 0.0273. The van der Waals surface area contributed by atoms with E-state index in [0.29, 0.717) is 5.84 Å².